The van der Waals surface area contributed by atoms with Crippen molar-refractivity contribution in [3.8, 4) is 16.8 Å². The highest BCUT2D eigenvalue weighted by Crippen LogP contribution is 2.47. The minimum atomic E-state index is 0.897. The maximum Gasteiger partial charge on any atom is 0.143 e. The van der Waals surface area contributed by atoms with Crippen LogP contribution in [0.15, 0.2) is 186 Å². The molecule has 0 aliphatic carbocycles. The average molecular weight is 683 g/mol. The van der Waals surface area contributed by atoms with Gasteiger partial charge in [-0.25, -0.2) is 0 Å². The summed E-state index contributed by atoms with van der Waals surface area (Å²) >= 11 is 1.85. The van der Waals surface area contributed by atoms with Gasteiger partial charge in [0.2, 0.25) is 0 Å². The van der Waals surface area contributed by atoms with Crippen molar-refractivity contribution in [1.82, 2.24) is 4.57 Å². The molecule has 0 radical (unpaired) electrons. The number of fused-ring (bicyclic) bond motifs is 9. The Bertz CT molecular complexity index is 3150. The number of hydrogen-bond donors (Lipinski definition) is 0. The topological polar surface area (TPSA) is 21.3 Å². The van der Waals surface area contributed by atoms with E-state index in [4.69, 9.17) is 4.42 Å². The number of rotatable bonds is 5. The molecular weight excluding hydrogens is 653 g/mol. The summed E-state index contributed by atoms with van der Waals surface area (Å²) in [5.41, 5.74) is 10.7. The summed E-state index contributed by atoms with van der Waals surface area (Å²) in [5.74, 6) is 0. The van der Waals surface area contributed by atoms with Gasteiger partial charge in [-0.3, -0.25) is 0 Å². The van der Waals surface area contributed by atoms with E-state index in [2.05, 4.69) is 185 Å². The highest BCUT2D eigenvalue weighted by molar-refractivity contribution is 7.25. The van der Waals surface area contributed by atoms with Gasteiger partial charge < -0.3 is 13.9 Å². The van der Waals surface area contributed by atoms with Gasteiger partial charge in [-0.15, -0.1) is 11.3 Å². The van der Waals surface area contributed by atoms with Gasteiger partial charge in [0, 0.05) is 69.9 Å². The maximum atomic E-state index is 6.61. The molecule has 3 heterocycles. The van der Waals surface area contributed by atoms with Crippen molar-refractivity contribution < 1.29 is 4.42 Å². The molecule has 0 N–H and O–H groups in total. The standard InChI is InChI=1S/C48H30N2OS/c1-2-13-31(14-3-1)50-43-22-9-4-15-34(43)36-27-25-32(29-44(36)50)49(33-26-28-39-38-18-7-11-24-46(38)52-47(39)30-33)42-21-8-5-16-35(42)40-19-12-20-41-37-17-6-10-23-45(37)51-48(40)41/h1-30H. The summed E-state index contributed by atoms with van der Waals surface area (Å²) < 4.78 is 11.6. The number of anilines is 3. The first-order chi connectivity index (χ1) is 25.8. The fraction of sp³-hybridized carbons (Fsp3) is 0. The van der Waals surface area contributed by atoms with Crippen LogP contribution in [0, 0.1) is 0 Å². The van der Waals surface area contributed by atoms with E-state index in [0.717, 1.165) is 61.3 Å². The second-order valence-corrected chi connectivity index (χ2v) is 14.4. The lowest BCUT2D eigenvalue weighted by atomic mass is 9.99. The lowest BCUT2D eigenvalue weighted by Crippen LogP contribution is -2.11. The predicted octanol–water partition coefficient (Wildman–Crippen LogP) is 14.2. The first-order valence-electron chi connectivity index (χ1n) is 17.6. The fourth-order valence-corrected chi connectivity index (χ4v) is 9.23. The number of hydrogen-bond acceptors (Lipinski definition) is 3. The zero-order valence-corrected chi connectivity index (χ0v) is 28.8. The van der Waals surface area contributed by atoms with Crippen molar-refractivity contribution in [2.75, 3.05) is 4.90 Å². The first-order valence-corrected chi connectivity index (χ1v) is 18.4. The smallest absolute Gasteiger partial charge is 0.143 e. The third kappa shape index (κ3) is 4.38. The minimum Gasteiger partial charge on any atom is -0.455 e. The van der Waals surface area contributed by atoms with Crippen molar-refractivity contribution in [2.24, 2.45) is 0 Å². The average Bonchev–Trinajstić information content (AvgIpc) is 3.88. The highest BCUT2D eigenvalue weighted by Gasteiger charge is 2.22. The molecule has 11 aromatic rings. The molecule has 0 unspecified atom stereocenters. The number of para-hydroxylation sites is 5. The lowest BCUT2D eigenvalue weighted by Gasteiger charge is -2.28. The van der Waals surface area contributed by atoms with Crippen LogP contribution in [-0.2, 0) is 0 Å². The number of aromatic nitrogens is 1. The molecule has 0 aliphatic rings. The molecule has 4 heteroatoms. The zero-order valence-electron chi connectivity index (χ0n) is 28.0. The molecule has 0 fully saturated rings. The number of benzene rings is 8. The summed E-state index contributed by atoms with van der Waals surface area (Å²) in [7, 11) is 0. The van der Waals surface area contributed by atoms with Gasteiger partial charge in [0.25, 0.3) is 0 Å². The van der Waals surface area contributed by atoms with Crippen LogP contribution < -0.4 is 4.90 Å². The molecule has 0 saturated carbocycles. The molecule has 0 aliphatic heterocycles. The normalized spacial score (nSPS) is 11.8. The van der Waals surface area contributed by atoms with Crippen molar-refractivity contribution in [3.05, 3.63) is 182 Å². The van der Waals surface area contributed by atoms with E-state index >= 15 is 0 Å². The molecule has 3 aromatic heterocycles. The van der Waals surface area contributed by atoms with Crippen LogP contribution >= 0.6 is 11.3 Å². The minimum absolute atomic E-state index is 0.897. The Labute approximate surface area is 303 Å². The largest absolute Gasteiger partial charge is 0.455 e. The van der Waals surface area contributed by atoms with E-state index in [1.165, 1.54) is 36.5 Å². The Morgan fingerprint density at radius 2 is 1.06 bits per heavy atom. The molecule has 0 bridgehead atoms. The molecule has 3 nitrogen and oxygen atoms in total. The second kappa shape index (κ2) is 11.5. The third-order valence-electron chi connectivity index (χ3n) is 10.4. The van der Waals surface area contributed by atoms with Crippen LogP contribution in [0.3, 0.4) is 0 Å². The van der Waals surface area contributed by atoms with Crippen LogP contribution in [0.2, 0.25) is 0 Å². The first kappa shape index (κ1) is 29.1. The third-order valence-corrected chi connectivity index (χ3v) is 11.5. The Morgan fingerprint density at radius 3 is 1.96 bits per heavy atom. The number of furan rings is 1. The van der Waals surface area contributed by atoms with Gasteiger partial charge in [-0.05, 0) is 60.7 Å². The fourth-order valence-electron chi connectivity index (χ4n) is 8.09. The van der Waals surface area contributed by atoms with Gasteiger partial charge >= 0.3 is 0 Å². The van der Waals surface area contributed by atoms with E-state index in [9.17, 15) is 0 Å². The molecule has 0 saturated heterocycles. The SMILES string of the molecule is c1ccc(-n2c3ccccc3c3ccc(N(c4ccc5c(c4)sc4ccccc45)c4ccccc4-c4cccc5c4oc4ccccc45)cc32)cc1. The predicted molar refractivity (Wildman–Crippen MR) is 221 cm³/mol. The van der Waals surface area contributed by atoms with Gasteiger partial charge in [-0.1, -0.05) is 121 Å². The van der Waals surface area contributed by atoms with Gasteiger partial charge in [0.15, 0.2) is 0 Å². The second-order valence-electron chi connectivity index (χ2n) is 13.3. The molecule has 244 valence electrons. The summed E-state index contributed by atoms with van der Waals surface area (Å²) in [6.45, 7) is 0. The van der Waals surface area contributed by atoms with Crippen molar-refractivity contribution in [2.45, 2.75) is 0 Å². The maximum absolute atomic E-state index is 6.61. The van der Waals surface area contributed by atoms with Crippen LogP contribution in [0.4, 0.5) is 17.1 Å². The van der Waals surface area contributed by atoms with Gasteiger partial charge in [-0.2, -0.15) is 0 Å². The molecule has 52 heavy (non-hydrogen) atoms. The van der Waals surface area contributed by atoms with Crippen LogP contribution in [0.1, 0.15) is 0 Å². The van der Waals surface area contributed by atoms with Gasteiger partial charge in [0.1, 0.15) is 11.2 Å². The summed E-state index contributed by atoms with van der Waals surface area (Å²) in [6.07, 6.45) is 0. The quantitative estimate of drug-likeness (QED) is 0.180. The zero-order chi connectivity index (χ0) is 34.2. The van der Waals surface area contributed by atoms with Crippen LogP contribution in [-0.4, -0.2) is 4.57 Å². The van der Waals surface area contributed by atoms with Crippen molar-refractivity contribution in [3.63, 3.8) is 0 Å². The Morgan fingerprint density at radius 1 is 0.423 bits per heavy atom. The molecule has 0 spiro atoms. The van der Waals surface area contributed by atoms with E-state index in [1.54, 1.807) is 0 Å². The van der Waals surface area contributed by atoms with Crippen LogP contribution in [0.25, 0.3) is 80.7 Å². The Hall–Kier alpha value is -6.62. The monoisotopic (exact) mass is 682 g/mol. The number of nitrogens with zero attached hydrogens (tertiary/aromatic N) is 2. The van der Waals surface area contributed by atoms with E-state index < -0.39 is 0 Å². The highest BCUT2D eigenvalue weighted by atomic mass is 32.1. The Kier molecular flexibility index (Phi) is 6.42. The Balaban J connectivity index is 1.20. The molecule has 0 amide bonds. The van der Waals surface area contributed by atoms with Crippen molar-refractivity contribution in [1.29, 1.82) is 0 Å². The summed E-state index contributed by atoms with van der Waals surface area (Å²) in [6, 6.07) is 65.5. The van der Waals surface area contributed by atoms with E-state index in [0.29, 0.717) is 0 Å². The molecular formula is C48H30N2OS. The van der Waals surface area contributed by atoms with E-state index in [-0.39, 0.29) is 0 Å². The van der Waals surface area contributed by atoms with Crippen LogP contribution in [0.5, 0.6) is 0 Å². The number of thiophene rings is 1. The molecule has 0 atom stereocenters. The van der Waals surface area contributed by atoms with Crippen molar-refractivity contribution >= 4 is 92.3 Å². The van der Waals surface area contributed by atoms with E-state index in [1.807, 2.05) is 17.4 Å². The summed E-state index contributed by atoms with van der Waals surface area (Å²) in [5, 5.41) is 7.29. The molecule has 8 aromatic carbocycles. The lowest BCUT2D eigenvalue weighted by molar-refractivity contribution is 0.670. The van der Waals surface area contributed by atoms with Gasteiger partial charge in [0.05, 0.1) is 16.7 Å². The molecule has 11 rings (SSSR count). The summed E-state index contributed by atoms with van der Waals surface area (Å²) in [4.78, 5) is 2.42.